The van der Waals surface area contributed by atoms with Gasteiger partial charge in [-0.1, -0.05) is 6.92 Å². The SMILES string of the molecule is CC[N+](C)(C)CC1C(=O)OC23C(CCC4(C)OC42)C(C)CCC13. The van der Waals surface area contributed by atoms with Gasteiger partial charge in [-0.05, 0) is 45.4 Å². The molecule has 0 amide bonds. The molecule has 0 radical (unpaired) electrons. The molecule has 4 nitrogen and oxygen atoms in total. The van der Waals surface area contributed by atoms with Gasteiger partial charge < -0.3 is 14.0 Å². The lowest BCUT2D eigenvalue weighted by Gasteiger charge is -2.50. The van der Waals surface area contributed by atoms with Crippen molar-refractivity contribution < 1.29 is 18.8 Å². The van der Waals surface area contributed by atoms with Crippen LogP contribution in [0.25, 0.3) is 0 Å². The molecule has 4 fully saturated rings. The van der Waals surface area contributed by atoms with Gasteiger partial charge in [0.1, 0.15) is 17.6 Å². The molecule has 2 saturated carbocycles. The third kappa shape index (κ3) is 2.07. The van der Waals surface area contributed by atoms with Crippen molar-refractivity contribution in [2.45, 2.75) is 63.8 Å². The number of rotatable bonds is 3. The van der Waals surface area contributed by atoms with Crippen LogP contribution in [-0.4, -0.2) is 54.9 Å². The van der Waals surface area contributed by atoms with Crippen molar-refractivity contribution in [3.05, 3.63) is 0 Å². The lowest BCUT2D eigenvalue weighted by atomic mass is 9.55. The first-order valence-electron chi connectivity index (χ1n) is 9.46. The van der Waals surface area contributed by atoms with E-state index in [1.165, 1.54) is 6.42 Å². The van der Waals surface area contributed by atoms with Crippen LogP contribution in [-0.2, 0) is 14.3 Å². The second-order valence-corrected chi connectivity index (χ2v) is 9.43. The lowest BCUT2D eigenvalue weighted by molar-refractivity contribution is -0.891. The van der Waals surface area contributed by atoms with Gasteiger partial charge in [0.25, 0.3) is 0 Å². The lowest BCUT2D eigenvalue weighted by Crippen LogP contribution is -2.59. The normalized spacial score (nSPS) is 51.5. The van der Waals surface area contributed by atoms with Gasteiger partial charge in [0.2, 0.25) is 0 Å². The fourth-order valence-corrected chi connectivity index (χ4v) is 5.92. The Balaban J connectivity index is 1.70. The largest absolute Gasteiger partial charge is 0.455 e. The highest BCUT2D eigenvalue weighted by Crippen LogP contribution is 2.66. The summed E-state index contributed by atoms with van der Waals surface area (Å²) in [5.74, 6) is 1.58. The Morgan fingerprint density at radius 1 is 1.22 bits per heavy atom. The maximum absolute atomic E-state index is 12.9. The summed E-state index contributed by atoms with van der Waals surface area (Å²) in [5, 5.41) is 0. The van der Waals surface area contributed by atoms with E-state index in [2.05, 4.69) is 34.9 Å². The third-order valence-electron chi connectivity index (χ3n) is 7.64. The van der Waals surface area contributed by atoms with Gasteiger partial charge in [0.15, 0.2) is 0 Å². The van der Waals surface area contributed by atoms with Crippen LogP contribution in [0.1, 0.15) is 46.5 Å². The van der Waals surface area contributed by atoms with E-state index in [-0.39, 0.29) is 29.2 Å². The molecule has 0 bridgehead atoms. The number of esters is 1. The van der Waals surface area contributed by atoms with Gasteiger partial charge in [0, 0.05) is 11.8 Å². The van der Waals surface area contributed by atoms with E-state index in [4.69, 9.17) is 9.47 Å². The van der Waals surface area contributed by atoms with Crippen LogP contribution in [0.3, 0.4) is 0 Å². The molecule has 130 valence electrons. The van der Waals surface area contributed by atoms with E-state index in [0.29, 0.717) is 17.8 Å². The topological polar surface area (TPSA) is 38.8 Å². The molecule has 2 heterocycles. The van der Waals surface area contributed by atoms with Crippen LogP contribution in [0, 0.1) is 23.7 Å². The fourth-order valence-electron chi connectivity index (χ4n) is 5.92. The summed E-state index contributed by atoms with van der Waals surface area (Å²) in [4.78, 5) is 12.9. The summed E-state index contributed by atoms with van der Waals surface area (Å²) < 4.78 is 13.3. The highest BCUT2D eigenvalue weighted by atomic mass is 16.7. The van der Waals surface area contributed by atoms with Crippen LogP contribution in [0.5, 0.6) is 0 Å². The van der Waals surface area contributed by atoms with E-state index >= 15 is 0 Å². The van der Waals surface area contributed by atoms with Crippen LogP contribution in [0.2, 0.25) is 0 Å². The zero-order valence-corrected chi connectivity index (χ0v) is 15.3. The molecule has 7 unspecified atom stereocenters. The fraction of sp³-hybridized carbons (Fsp3) is 0.947. The van der Waals surface area contributed by atoms with Crippen molar-refractivity contribution in [3.63, 3.8) is 0 Å². The minimum Gasteiger partial charge on any atom is -0.455 e. The first kappa shape index (κ1) is 15.9. The number of hydrogen-bond acceptors (Lipinski definition) is 3. The molecule has 2 aliphatic carbocycles. The van der Waals surface area contributed by atoms with Gasteiger partial charge in [-0.15, -0.1) is 0 Å². The van der Waals surface area contributed by atoms with Gasteiger partial charge in [-0.2, -0.15) is 0 Å². The maximum atomic E-state index is 12.9. The Kier molecular flexibility index (Phi) is 3.26. The van der Waals surface area contributed by atoms with Gasteiger partial charge in [0.05, 0.1) is 32.8 Å². The molecule has 0 aromatic rings. The van der Waals surface area contributed by atoms with Gasteiger partial charge in [-0.25, -0.2) is 0 Å². The van der Waals surface area contributed by atoms with Gasteiger partial charge in [-0.3, -0.25) is 4.79 Å². The number of carbonyl (C=O) groups is 1. The first-order chi connectivity index (χ1) is 10.7. The Morgan fingerprint density at radius 3 is 2.65 bits per heavy atom. The Hall–Kier alpha value is -0.610. The number of hydrogen-bond donors (Lipinski definition) is 0. The van der Waals surface area contributed by atoms with E-state index < -0.39 is 0 Å². The van der Waals surface area contributed by atoms with Crippen LogP contribution in [0.15, 0.2) is 0 Å². The molecule has 2 aliphatic heterocycles. The van der Waals surface area contributed by atoms with Crippen molar-refractivity contribution in [1.82, 2.24) is 0 Å². The van der Waals surface area contributed by atoms with E-state index in [9.17, 15) is 4.79 Å². The standard InChI is InChI=1S/C19H32NO3/c1-6-20(4,5)11-13-15-8-7-12(2)14-9-10-18(3)17(23-18)19(14,15)22-16(13)21/h12-15,17H,6-11H2,1-5H3/q+1. The molecule has 4 aliphatic rings. The summed E-state index contributed by atoms with van der Waals surface area (Å²) in [6.07, 6.45) is 4.77. The van der Waals surface area contributed by atoms with Crippen molar-refractivity contribution in [2.75, 3.05) is 27.2 Å². The smallest absolute Gasteiger partial charge is 0.315 e. The van der Waals surface area contributed by atoms with Crippen LogP contribution < -0.4 is 0 Å². The second kappa shape index (κ2) is 4.72. The highest BCUT2D eigenvalue weighted by Gasteiger charge is 2.77. The summed E-state index contributed by atoms with van der Waals surface area (Å²) >= 11 is 0. The molecule has 4 rings (SSSR count). The first-order valence-corrected chi connectivity index (χ1v) is 9.46. The van der Waals surface area contributed by atoms with E-state index in [1.807, 2.05) is 0 Å². The molecule has 4 heteroatoms. The number of ether oxygens (including phenoxy) is 2. The molecule has 0 N–H and O–H groups in total. The minimum atomic E-state index is -0.319. The summed E-state index contributed by atoms with van der Waals surface area (Å²) in [6, 6.07) is 0. The highest BCUT2D eigenvalue weighted by molar-refractivity contribution is 5.77. The monoisotopic (exact) mass is 322 g/mol. The summed E-state index contributed by atoms with van der Waals surface area (Å²) in [6.45, 7) is 8.70. The van der Waals surface area contributed by atoms with E-state index in [0.717, 1.165) is 36.8 Å². The molecule has 2 saturated heterocycles. The van der Waals surface area contributed by atoms with Crippen molar-refractivity contribution in [2.24, 2.45) is 23.7 Å². The maximum Gasteiger partial charge on any atom is 0.315 e. The molecular weight excluding hydrogens is 290 g/mol. The predicted molar refractivity (Wildman–Crippen MR) is 87.7 cm³/mol. The zero-order valence-electron chi connectivity index (χ0n) is 15.3. The Bertz CT molecular complexity index is 533. The van der Waals surface area contributed by atoms with Crippen LogP contribution >= 0.6 is 0 Å². The molecule has 23 heavy (non-hydrogen) atoms. The van der Waals surface area contributed by atoms with Crippen LogP contribution in [0.4, 0.5) is 0 Å². The number of fused-ring (bicyclic) bond motifs is 1. The summed E-state index contributed by atoms with van der Waals surface area (Å²) in [5.41, 5.74) is -0.351. The van der Waals surface area contributed by atoms with Crippen molar-refractivity contribution in [3.8, 4) is 0 Å². The number of nitrogens with zero attached hydrogens (tertiary/aromatic N) is 1. The second-order valence-electron chi connectivity index (χ2n) is 9.43. The molecule has 7 atom stereocenters. The molecule has 0 aromatic heterocycles. The van der Waals surface area contributed by atoms with E-state index in [1.54, 1.807) is 0 Å². The molecule has 0 aromatic carbocycles. The van der Waals surface area contributed by atoms with Crippen molar-refractivity contribution >= 4 is 5.97 Å². The Morgan fingerprint density at radius 2 is 1.96 bits per heavy atom. The van der Waals surface area contributed by atoms with Crippen molar-refractivity contribution in [1.29, 1.82) is 0 Å². The number of quaternary nitrogens is 1. The predicted octanol–water partition coefficient (Wildman–Crippen LogP) is 2.61. The average molecular weight is 322 g/mol. The number of carbonyl (C=O) groups excluding carboxylic acids is 1. The minimum absolute atomic E-state index is 0.0316. The zero-order chi connectivity index (χ0) is 16.6. The summed E-state index contributed by atoms with van der Waals surface area (Å²) in [7, 11) is 4.44. The third-order valence-corrected chi connectivity index (χ3v) is 7.64. The number of epoxide rings is 1. The molecule has 1 spiro atoms. The molecular formula is C19H32NO3+. The Labute approximate surface area is 140 Å². The van der Waals surface area contributed by atoms with Gasteiger partial charge >= 0.3 is 5.97 Å². The average Bonchev–Trinajstić information content (AvgIpc) is 3.11. The quantitative estimate of drug-likeness (QED) is 0.455.